The lowest BCUT2D eigenvalue weighted by Crippen LogP contribution is -2.45. The highest BCUT2D eigenvalue weighted by Crippen LogP contribution is 2.33. The molecule has 1 N–H and O–H groups in total. The van der Waals surface area contributed by atoms with Crippen molar-refractivity contribution in [3.05, 3.63) is 56.4 Å². The normalized spacial score (nSPS) is 17.9. The first-order valence-electron chi connectivity index (χ1n) is 10.8. The van der Waals surface area contributed by atoms with Crippen LogP contribution < -0.4 is 10.3 Å². The minimum absolute atomic E-state index is 0.0486. The van der Waals surface area contributed by atoms with E-state index in [4.69, 9.17) is 9.72 Å². The fourth-order valence-corrected chi connectivity index (χ4v) is 5.87. The Kier molecular flexibility index (Phi) is 5.58. The van der Waals surface area contributed by atoms with Gasteiger partial charge in [-0.25, -0.2) is 4.98 Å². The standard InChI is InChI=1S/C23H28N4O2S/c1-29-17-8-6-16(7-9-17)14-26-10-12-27(13-11-26)15-20-24-22(28)21-18-4-2-3-5-19(18)30-23(21)25-20/h6-9H,2-5,10-15H2,1H3,(H,24,25,28). The summed E-state index contributed by atoms with van der Waals surface area (Å²) < 4.78 is 5.24. The number of hydrogen-bond donors (Lipinski definition) is 1. The molecule has 0 unspecified atom stereocenters. The molecule has 0 amide bonds. The molecule has 0 saturated carbocycles. The number of nitrogens with one attached hydrogen (secondary N) is 1. The van der Waals surface area contributed by atoms with E-state index >= 15 is 0 Å². The number of methoxy groups -OCH3 is 1. The Morgan fingerprint density at radius 3 is 2.47 bits per heavy atom. The van der Waals surface area contributed by atoms with E-state index in [9.17, 15) is 4.79 Å². The summed E-state index contributed by atoms with van der Waals surface area (Å²) in [5.41, 5.74) is 2.61. The van der Waals surface area contributed by atoms with Gasteiger partial charge in [-0.05, 0) is 48.9 Å². The minimum atomic E-state index is 0.0486. The largest absolute Gasteiger partial charge is 0.497 e. The van der Waals surface area contributed by atoms with Crippen molar-refractivity contribution in [2.45, 2.75) is 38.8 Å². The highest BCUT2D eigenvalue weighted by atomic mass is 32.1. The summed E-state index contributed by atoms with van der Waals surface area (Å²) in [6.45, 7) is 5.68. The molecule has 6 nitrogen and oxygen atoms in total. The van der Waals surface area contributed by atoms with Gasteiger partial charge in [0.1, 0.15) is 16.4 Å². The lowest BCUT2D eigenvalue weighted by molar-refractivity contribution is 0.120. The van der Waals surface area contributed by atoms with Gasteiger partial charge in [0.05, 0.1) is 19.0 Å². The van der Waals surface area contributed by atoms with E-state index in [0.29, 0.717) is 6.54 Å². The van der Waals surface area contributed by atoms with Gasteiger partial charge < -0.3 is 9.72 Å². The van der Waals surface area contributed by atoms with Gasteiger partial charge in [0, 0.05) is 37.6 Å². The van der Waals surface area contributed by atoms with Crippen molar-refractivity contribution in [1.29, 1.82) is 0 Å². The smallest absolute Gasteiger partial charge is 0.259 e. The molecule has 1 saturated heterocycles. The minimum Gasteiger partial charge on any atom is -0.497 e. The van der Waals surface area contributed by atoms with Crippen LogP contribution in [0.1, 0.15) is 34.7 Å². The predicted octanol–water partition coefficient (Wildman–Crippen LogP) is 3.19. The molecule has 1 aliphatic carbocycles. The molecule has 1 aliphatic heterocycles. The van der Waals surface area contributed by atoms with E-state index < -0.39 is 0 Å². The highest BCUT2D eigenvalue weighted by Gasteiger charge is 2.22. The first-order valence-corrected chi connectivity index (χ1v) is 11.6. The molecular formula is C23H28N4O2S. The van der Waals surface area contributed by atoms with Crippen molar-refractivity contribution >= 4 is 21.6 Å². The summed E-state index contributed by atoms with van der Waals surface area (Å²) in [5.74, 6) is 1.70. The fraction of sp³-hybridized carbons (Fsp3) is 0.478. The summed E-state index contributed by atoms with van der Waals surface area (Å²) in [5, 5.41) is 0.850. The van der Waals surface area contributed by atoms with Crippen LogP contribution in [0.25, 0.3) is 10.2 Å². The fourth-order valence-electron chi connectivity index (χ4n) is 4.59. The second kappa shape index (κ2) is 8.49. The summed E-state index contributed by atoms with van der Waals surface area (Å²) >= 11 is 1.73. The molecule has 0 radical (unpaired) electrons. The van der Waals surface area contributed by atoms with Crippen LogP contribution in [0.2, 0.25) is 0 Å². The number of H-pyrrole nitrogens is 1. The Morgan fingerprint density at radius 2 is 1.73 bits per heavy atom. The number of ether oxygens (including phenoxy) is 1. The number of hydrogen-bond acceptors (Lipinski definition) is 6. The number of rotatable bonds is 5. The number of thiophene rings is 1. The SMILES string of the molecule is COc1ccc(CN2CCN(Cc3nc4sc5c(c4c(=O)[nH]3)CCCC5)CC2)cc1. The van der Waals surface area contributed by atoms with Gasteiger partial charge in [-0.3, -0.25) is 14.6 Å². The van der Waals surface area contributed by atoms with E-state index in [1.54, 1.807) is 18.4 Å². The number of aromatic amines is 1. The molecule has 30 heavy (non-hydrogen) atoms. The van der Waals surface area contributed by atoms with Crippen molar-refractivity contribution in [1.82, 2.24) is 19.8 Å². The van der Waals surface area contributed by atoms with Crippen molar-refractivity contribution in [2.75, 3.05) is 33.3 Å². The molecule has 7 heteroatoms. The molecule has 1 fully saturated rings. The van der Waals surface area contributed by atoms with Crippen LogP contribution in [0.4, 0.5) is 0 Å². The molecule has 5 rings (SSSR count). The zero-order chi connectivity index (χ0) is 20.5. The summed E-state index contributed by atoms with van der Waals surface area (Å²) in [4.78, 5) is 27.8. The van der Waals surface area contributed by atoms with E-state index in [0.717, 1.165) is 67.4 Å². The second-order valence-electron chi connectivity index (χ2n) is 8.30. The maximum absolute atomic E-state index is 12.8. The Morgan fingerprint density at radius 1 is 1.03 bits per heavy atom. The maximum atomic E-state index is 12.8. The Hall–Kier alpha value is -2.22. The monoisotopic (exact) mass is 424 g/mol. The van der Waals surface area contributed by atoms with Crippen LogP contribution in [0.15, 0.2) is 29.1 Å². The number of benzene rings is 1. The summed E-state index contributed by atoms with van der Waals surface area (Å²) in [6, 6.07) is 8.31. The average molecular weight is 425 g/mol. The molecule has 3 heterocycles. The third-order valence-corrected chi connectivity index (χ3v) is 7.46. The van der Waals surface area contributed by atoms with Gasteiger partial charge in [0.15, 0.2) is 0 Å². The molecule has 0 bridgehead atoms. The summed E-state index contributed by atoms with van der Waals surface area (Å²) in [7, 11) is 1.70. The molecular weight excluding hydrogens is 396 g/mol. The van der Waals surface area contributed by atoms with Crippen LogP contribution in [-0.2, 0) is 25.9 Å². The van der Waals surface area contributed by atoms with Crippen molar-refractivity contribution in [2.24, 2.45) is 0 Å². The summed E-state index contributed by atoms with van der Waals surface area (Å²) in [6.07, 6.45) is 4.53. The van der Waals surface area contributed by atoms with Gasteiger partial charge >= 0.3 is 0 Å². The van der Waals surface area contributed by atoms with E-state index in [2.05, 4.69) is 26.9 Å². The maximum Gasteiger partial charge on any atom is 0.259 e. The van der Waals surface area contributed by atoms with Gasteiger partial charge in [0.2, 0.25) is 0 Å². The lowest BCUT2D eigenvalue weighted by atomic mass is 9.97. The second-order valence-corrected chi connectivity index (χ2v) is 9.39. The first kappa shape index (κ1) is 19.7. The number of fused-ring (bicyclic) bond motifs is 3. The first-order chi connectivity index (χ1) is 14.7. The van der Waals surface area contributed by atoms with E-state index in [1.807, 2.05) is 12.1 Å². The number of piperazine rings is 1. The number of aromatic nitrogens is 2. The zero-order valence-corrected chi connectivity index (χ0v) is 18.3. The quantitative estimate of drug-likeness (QED) is 0.682. The predicted molar refractivity (Wildman–Crippen MR) is 120 cm³/mol. The molecule has 2 aromatic heterocycles. The van der Waals surface area contributed by atoms with E-state index in [-0.39, 0.29) is 5.56 Å². The average Bonchev–Trinajstić information content (AvgIpc) is 3.14. The van der Waals surface area contributed by atoms with Crippen LogP contribution in [0.5, 0.6) is 5.75 Å². The lowest BCUT2D eigenvalue weighted by Gasteiger charge is -2.34. The van der Waals surface area contributed by atoms with Gasteiger partial charge in [-0.15, -0.1) is 11.3 Å². The van der Waals surface area contributed by atoms with Crippen molar-refractivity contribution in [3.8, 4) is 5.75 Å². The van der Waals surface area contributed by atoms with Crippen LogP contribution >= 0.6 is 11.3 Å². The molecule has 158 valence electrons. The number of nitrogens with zero attached hydrogens (tertiary/aromatic N) is 3. The van der Waals surface area contributed by atoms with Crippen LogP contribution in [0.3, 0.4) is 0 Å². The zero-order valence-electron chi connectivity index (χ0n) is 17.4. The van der Waals surface area contributed by atoms with Crippen molar-refractivity contribution in [3.63, 3.8) is 0 Å². The Bertz CT molecular complexity index is 1080. The molecule has 0 atom stereocenters. The van der Waals surface area contributed by atoms with E-state index in [1.165, 1.54) is 28.8 Å². The molecule has 2 aliphatic rings. The Balaban J connectivity index is 1.22. The highest BCUT2D eigenvalue weighted by molar-refractivity contribution is 7.18. The van der Waals surface area contributed by atoms with Crippen LogP contribution in [-0.4, -0.2) is 53.1 Å². The topological polar surface area (TPSA) is 61.5 Å². The van der Waals surface area contributed by atoms with Crippen LogP contribution in [0, 0.1) is 0 Å². The Labute approximate surface area is 180 Å². The van der Waals surface area contributed by atoms with Gasteiger partial charge in [-0.1, -0.05) is 12.1 Å². The third kappa shape index (κ3) is 4.02. The number of aryl methyl sites for hydroxylation is 2. The molecule has 0 spiro atoms. The van der Waals surface area contributed by atoms with Crippen molar-refractivity contribution < 1.29 is 4.74 Å². The molecule has 3 aromatic rings. The third-order valence-electron chi connectivity index (χ3n) is 6.28. The molecule has 1 aromatic carbocycles. The van der Waals surface area contributed by atoms with Gasteiger partial charge in [-0.2, -0.15) is 0 Å². The van der Waals surface area contributed by atoms with Gasteiger partial charge in [0.25, 0.3) is 5.56 Å².